The van der Waals surface area contributed by atoms with Gasteiger partial charge in [0.25, 0.3) is 0 Å². The van der Waals surface area contributed by atoms with Crippen molar-refractivity contribution in [2.24, 2.45) is 0 Å². The first-order valence-corrected chi connectivity index (χ1v) is 31.8. The maximum Gasteiger partial charge on any atom is 0.0989 e. The fourth-order valence-corrected chi connectivity index (χ4v) is 18.4. The number of benzene rings is 11. The topological polar surface area (TPSA) is 63.4 Å². The Hall–Kier alpha value is -6.50. The van der Waals surface area contributed by atoms with Crippen LogP contribution in [0, 0.1) is 55.7 Å². The van der Waals surface area contributed by atoms with Gasteiger partial charge in [-0.25, -0.2) is 0 Å². The lowest BCUT2D eigenvalue weighted by Crippen LogP contribution is -2.35. The predicted molar refractivity (Wildman–Crippen MR) is 367 cm³/mol. The van der Waals surface area contributed by atoms with Crippen molar-refractivity contribution in [2.45, 2.75) is 101 Å². The maximum atomic E-state index is 4.15. The van der Waals surface area contributed by atoms with E-state index < -0.39 is 0 Å². The van der Waals surface area contributed by atoms with Gasteiger partial charge in [-0.2, -0.15) is 0 Å². The van der Waals surface area contributed by atoms with Crippen LogP contribution in [-0.2, 0) is 0 Å². The molecule has 1 atom stereocenters. The Morgan fingerprint density at radius 2 is 0.850 bits per heavy atom. The summed E-state index contributed by atoms with van der Waals surface area (Å²) in [5.41, 5.74) is 18.9. The lowest BCUT2D eigenvalue weighted by atomic mass is 9.87. The molecule has 0 radical (unpaired) electrons. The summed E-state index contributed by atoms with van der Waals surface area (Å²) in [6.07, 6.45) is 5.50. The summed E-state index contributed by atoms with van der Waals surface area (Å²) in [6.45, 7) is 24.5. The molecule has 0 saturated carbocycles. The molecule has 6 nitrogen and oxygen atoms in total. The number of anilines is 6. The van der Waals surface area contributed by atoms with E-state index in [-0.39, 0.29) is 6.17 Å². The largest absolute Gasteiger partial charge is 0.387 e. The molecule has 0 spiro atoms. The van der Waals surface area contributed by atoms with Crippen LogP contribution < -0.4 is 31.5 Å². The van der Waals surface area contributed by atoms with Gasteiger partial charge in [0.1, 0.15) is 0 Å². The summed E-state index contributed by atoms with van der Waals surface area (Å²) in [5, 5.41) is 52.7. The quantitative estimate of drug-likeness (QED) is 0.0261. The highest BCUT2D eigenvalue weighted by Gasteiger charge is 2.37. The number of hydrogen-bond acceptors (Lipinski definition) is 6. The van der Waals surface area contributed by atoms with Crippen LogP contribution in [0.15, 0.2) is 72.8 Å². The van der Waals surface area contributed by atoms with Crippen LogP contribution in [0.1, 0.15) is 89.0 Å². The molecule has 0 fully saturated rings. The van der Waals surface area contributed by atoms with Gasteiger partial charge in [-0.1, -0.05) is 107 Å². The van der Waals surface area contributed by atoms with E-state index in [4.69, 9.17) is 0 Å². The Balaban J connectivity index is 1.01. The molecule has 1 unspecified atom stereocenters. The van der Waals surface area contributed by atoms with E-state index in [1.807, 2.05) is 0 Å². The summed E-state index contributed by atoms with van der Waals surface area (Å²) in [7, 11) is 2.15. The molecule has 80 heavy (non-hydrogen) atoms. The van der Waals surface area contributed by atoms with Crippen LogP contribution in [0.25, 0.3) is 130 Å². The molecule has 5 N–H and O–H groups in total. The lowest BCUT2D eigenvalue weighted by Gasteiger charge is -2.29. The van der Waals surface area contributed by atoms with Gasteiger partial charge in [-0.05, 0) is 235 Å². The standard InChI is InChI=1S/C72H66I2N6/c1-11-28-76-68-61-46-23-19-39-37-16-20-42-54-43(58-57(42)65(73)63-64(66(58)74)70-72(80(31-14-4)48(15-5)79-70)71(78-30-13-3)69(63)77-29-12-2)21-17-36(51(37)54)38-18-22-44(55(46)52(38)39)59(61)67(75-10)60-45-26-24-40-49-34(8)32(6)33(7)35(9)50(49)41-25-27-47(62(60)68)56(45)53(40)41/h16-27,48,75-79H,11-15,28-31H2,1-10H3. The van der Waals surface area contributed by atoms with Crippen LogP contribution >= 0.6 is 45.2 Å². The second kappa shape index (κ2) is 17.5. The monoisotopic (exact) mass is 1270 g/mol. The van der Waals surface area contributed by atoms with Crippen LogP contribution in [-0.4, -0.2) is 39.4 Å². The molecule has 8 heteroatoms. The van der Waals surface area contributed by atoms with Gasteiger partial charge in [0.15, 0.2) is 0 Å². The molecular weight excluding hydrogens is 1200 g/mol. The van der Waals surface area contributed by atoms with E-state index in [1.54, 1.807) is 0 Å². The average Bonchev–Trinajstić information content (AvgIpc) is 2.73. The SMILES string of the molecule is CCCNc1c2c(c3c(I)c4c(c(I)c3c1NCCC)=c1ccc3c5ccc6c7c(NCCC)c8c9ccc%10c%11c(ccc(c8c(NC)c7c7ccc(c8ccc=4c1c83)c5c76)c%119)-c1c(C)c(C)c(C)c(C)c1-%10)NC(CC)N2CCC. The minimum atomic E-state index is 0.240. The number of nitrogens with one attached hydrogen (secondary N) is 5. The highest BCUT2D eigenvalue weighted by molar-refractivity contribution is 14.1. The molecule has 13 aromatic carbocycles. The van der Waals surface area contributed by atoms with Crippen molar-refractivity contribution in [3.63, 3.8) is 0 Å². The van der Waals surface area contributed by atoms with E-state index in [0.717, 1.165) is 58.3 Å². The molecule has 398 valence electrons. The van der Waals surface area contributed by atoms with Crippen molar-refractivity contribution in [3.05, 3.63) is 123 Å². The molecule has 1 heterocycles. The third-order valence-corrected chi connectivity index (χ3v) is 21.9. The van der Waals surface area contributed by atoms with E-state index in [2.05, 4.69) is 219 Å². The third kappa shape index (κ3) is 5.85. The zero-order valence-electron chi connectivity index (χ0n) is 47.6. The van der Waals surface area contributed by atoms with Gasteiger partial charge in [0.05, 0.1) is 40.3 Å². The summed E-state index contributed by atoms with van der Waals surface area (Å²) in [6, 6.07) is 29.6. The normalized spacial score (nSPS) is 14.4. The molecule has 16 rings (SSSR count). The minimum Gasteiger partial charge on any atom is -0.387 e. The predicted octanol–water partition coefficient (Wildman–Crippen LogP) is 20.4. The van der Waals surface area contributed by atoms with E-state index in [9.17, 15) is 0 Å². The van der Waals surface area contributed by atoms with E-state index in [1.165, 1.54) is 214 Å². The minimum absolute atomic E-state index is 0.240. The Morgan fingerprint density at radius 1 is 0.425 bits per heavy atom. The second-order valence-corrected chi connectivity index (χ2v) is 25.8. The lowest BCUT2D eigenvalue weighted by molar-refractivity contribution is 0.644. The summed E-state index contributed by atoms with van der Waals surface area (Å²) in [4.78, 5) is 2.66. The van der Waals surface area contributed by atoms with Crippen molar-refractivity contribution >= 4 is 187 Å². The zero-order chi connectivity index (χ0) is 54.6. The van der Waals surface area contributed by atoms with Crippen molar-refractivity contribution in [1.82, 2.24) is 0 Å². The summed E-state index contributed by atoms with van der Waals surface area (Å²) < 4.78 is 2.66. The number of rotatable bonds is 13. The molecule has 0 amide bonds. The first kappa shape index (κ1) is 49.3. The molecule has 0 aromatic heterocycles. The molecule has 0 saturated heterocycles. The Labute approximate surface area is 493 Å². The van der Waals surface area contributed by atoms with Gasteiger partial charge in [0.2, 0.25) is 0 Å². The highest BCUT2D eigenvalue weighted by atomic mass is 127. The molecule has 0 bridgehead atoms. The van der Waals surface area contributed by atoms with Crippen LogP contribution in [0.5, 0.6) is 0 Å². The van der Waals surface area contributed by atoms with Gasteiger partial charge < -0.3 is 31.5 Å². The molecular formula is C72H66I2N6. The number of nitrogens with zero attached hydrogens (tertiary/aromatic N) is 1. The fourth-order valence-electron chi connectivity index (χ4n) is 16.2. The maximum absolute atomic E-state index is 4.15. The van der Waals surface area contributed by atoms with Crippen molar-refractivity contribution in [3.8, 4) is 22.3 Å². The summed E-state index contributed by atoms with van der Waals surface area (Å²) in [5.74, 6) is 0. The number of halogens is 2. The van der Waals surface area contributed by atoms with Crippen LogP contribution in [0.3, 0.4) is 0 Å². The number of hydrogen-bond donors (Lipinski definition) is 5. The van der Waals surface area contributed by atoms with Crippen LogP contribution in [0.4, 0.5) is 34.1 Å². The van der Waals surface area contributed by atoms with E-state index >= 15 is 0 Å². The highest BCUT2D eigenvalue weighted by Crippen LogP contribution is 2.61. The van der Waals surface area contributed by atoms with E-state index in [0.29, 0.717) is 0 Å². The van der Waals surface area contributed by atoms with Gasteiger partial charge in [-0.3, -0.25) is 0 Å². The molecule has 13 aromatic rings. The first-order chi connectivity index (χ1) is 39.0. The Bertz CT molecular complexity index is 5040. The van der Waals surface area contributed by atoms with Crippen molar-refractivity contribution in [1.29, 1.82) is 0 Å². The molecule has 3 aliphatic rings. The van der Waals surface area contributed by atoms with Gasteiger partial charge in [-0.15, -0.1) is 0 Å². The average molecular weight is 1270 g/mol. The number of fused-ring (bicyclic) bond motifs is 15. The fraction of sp³-hybridized carbons (Fsp3) is 0.278. The molecule has 1 aliphatic heterocycles. The first-order valence-electron chi connectivity index (χ1n) is 29.7. The van der Waals surface area contributed by atoms with Crippen LogP contribution in [0.2, 0.25) is 0 Å². The van der Waals surface area contributed by atoms with Crippen molar-refractivity contribution in [2.75, 3.05) is 64.7 Å². The van der Waals surface area contributed by atoms with Crippen molar-refractivity contribution < 1.29 is 0 Å². The molecule has 2 aliphatic carbocycles. The Kier molecular flexibility index (Phi) is 10.8. The second-order valence-electron chi connectivity index (χ2n) is 23.6. The zero-order valence-corrected chi connectivity index (χ0v) is 51.9. The smallest absolute Gasteiger partial charge is 0.0989 e. The van der Waals surface area contributed by atoms with Gasteiger partial charge >= 0.3 is 0 Å². The third-order valence-electron chi connectivity index (χ3n) is 19.7. The summed E-state index contributed by atoms with van der Waals surface area (Å²) >= 11 is 5.48. The van der Waals surface area contributed by atoms with Gasteiger partial charge in [0, 0.05) is 83.1 Å². The Morgan fingerprint density at radius 3 is 1.35 bits per heavy atom.